The lowest BCUT2D eigenvalue weighted by atomic mass is 9.91. The van der Waals surface area contributed by atoms with E-state index in [2.05, 4.69) is 5.32 Å². The zero-order chi connectivity index (χ0) is 9.97. The van der Waals surface area contributed by atoms with Crippen LogP contribution in [0.25, 0.3) is 0 Å². The Labute approximate surface area is 88.3 Å². The maximum Gasteiger partial charge on any atom is 0.227 e. The molecule has 1 unspecified atom stereocenters. The van der Waals surface area contributed by atoms with Crippen LogP contribution in [0, 0.1) is 0 Å². The van der Waals surface area contributed by atoms with Crippen molar-refractivity contribution >= 4 is 17.5 Å². The molecule has 74 valence electrons. The molecule has 0 aliphatic carbocycles. The molecule has 3 heteroatoms. The number of hydrogen-bond donors (Lipinski definition) is 1. The summed E-state index contributed by atoms with van der Waals surface area (Å²) in [6, 6.07) is 7.56. The quantitative estimate of drug-likeness (QED) is 0.756. The van der Waals surface area contributed by atoms with E-state index in [9.17, 15) is 4.79 Å². The van der Waals surface area contributed by atoms with E-state index >= 15 is 0 Å². The van der Waals surface area contributed by atoms with Crippen LogP contribution in [0.5, 0.6) is 0 Å². The van der Waals surface area contributed by atoms with E-state index in [4.69, 9.17) is 11.6 Å². The van der Waals surface area contributed by atoms with Crippen molar-refractivity contribution < 1.29 is 4.79 Å². The summed E-state index contributed by atoms with van der Waals surface area (Å²) in [4.78, 5) is 11.6. The molecule has 0 spiro atoms. The first-order chi connectivity index (χ1) is 6.79. The Balaban J connectivity index is 2.29. The van der Waals surface area contributed by atoms with E-state index in [1.807, 2.05) is 24.3 Å². The van der Waals surface area contributed by atoms with E-state index in [1.54, 1.807) is 0 Å². The van der Waals surface area contributed by atoms with Gasteiger partial charge in [-0.25, -0.2) is 0 Å². The second-order valence-electron chi connectivity index (χ2n) is 3.51. The minimum atomic E-state index is -0.0579. The molecule has 1 aliphatic rings. The number of carbonyl (C=O) groups excluding carboxylic acids is 1. The van der Waals surface area contributed by atoms with Gasteiger partial charge in [-0.3, -0.25) is 4.79 Å². The number of amides is 1. The van der Waals surface area contributed by atoms with Crippen molar-refractivity contribution in [2.24, 2.45) is 0 Å². The maximum atomic E-state index is 11.6. The lowest BCUT2D eigenvalue weighted by Crippen LogP contribution is -2.35. The van der Waals surface area contributed by atoms with Gasteiger partial charge >= 0.3 is 0 Å². The summed E-state index contributed by atoms with van der Waals surface area (Å²) >= 11 is 6.04. The average Bonchev–Trinajstić information content (AvgIpc) is 2.20. The Bertz CT molecular complexity index is 351. The maximum absolute atomic E-state index is 11.6. The molecule has 1 aromatic rings. The van der Waals surface area contributed by atoms with Gasteiger partial charge in [0.15, 0.2) is 0 Å². The molecule has 1 fully saturated rings. The minimum Gasteiger partial charge on any atom is -0.356 e. The van der Waals surface area contributed by atoms with Crippen molar-refractivity contribution in [3.05, 3.63) is 34.9 Å². The predicted octanol–water partition coefficient (Wildman–Crippen LogP) is 2.33. The molecule has 1 atom stereocenters. The van der Waals surface area contributed by atoms with Crippen molar-refractivity contribution in [1.29, 1.82) is 0 Å². The van der Waals surface area contributed by atoms with E-state index in [0.717, 1.165) is 24.9 Å². The zero-order valence-electron chi connectivity index (χ0n) is 7.79. The van der Waals surface area contributed by atoms with Gasteiger partial charge in [-0.2, -0.15) is 0 Å². The average molecular weight is 210 g/mol. The Kier molecular flexibility index (Phi) is 2.73. The first-order valence-electron chi connectivity index (χ1n) is 4.81. The van der Waals surface area contributed by atoms with Crippen molar-refractivity contribution in [2.75, 3.05) is 6.54 Å². The van der Waals surface area contributed by atoms with Crippen LogP contribution in [-0.2, 0) is 4.79 Å². The highest BCUT2D eigenvalue weighted by Crippen LogP contribution is 2.29. The van der Waals surface area contributed by atoms with Gasteiger partial charge in [0.25, 0.3) is 0 Å². The third kappa shape index (κ3) is 1.75. The van der Waals surface area contributed by atoms with Crippen LogP contribution in [0.2, 0.25) is 5.02 Å². The smallest absolute Gasteiger partial charge is 0.227 e. The normalized spacial score (nSPS) is 21.8. The van der Waals surface area contributed by atoms with Crippen LogP contribution in [-0.4, -0.2) is 12.5 Å². The summed E-state index contributed by atoms with van der Waals surface area (Å²) in [5.41, 5.74) is 0.950. The number of carbonyl (C=O) groups is 1. The van der Waals surface area contributed by atoms with Crippen molar-refractivity contribution in [1.82, 2.24) is 5.32 Å². The molecular weight excluding hydrogens is 198 g/mol. The number of hydrogen-bond acceptors (Lipinski definition) is 1. The SMILES string of the molecule is O=C1NCCCC1c1ccccc1Cl. The van der Waals surface area contributed by atoms with E-state index in [0.29, 0.717) is 5.02 Å². The van der Waals surface area contributed by atoms with Crippen LogP contribution >= 0.6 is 11.6 Å². The van der Waals surface area contributed by atoms with E-state index in [-0.39, 0.29) is 11.8 Å². The number of benzene rings is 1. The standard InChI is InChI=1S/C11H12ClNO/c12-10-6-2-1-4-8(10)9-5-3-7-13-11(9)14/h1-2,4,6,9H,3,5,7H2,(H,13,14). The van der Waals surface area contributed by atoms with Crippen LogP contribution in [0.1, 0.15) is 24.3 Å². The van der Waals surface area contributed by atoms with Gasteiger partial charge < -0.3 is 5.32 Å². The summed E-state index contributed by atoms with van der Waals surface area (Å²) in [6.07, 6.45) is 1.93. The Morgan fingerprint density at radius 2 is 2.14 bits per heavy atom. The lowest BCUT2D eigenvalue weighted by Gasteiger charge is -2.22. The molecule has 2 rings (SSSR count). The predicted molar refractivity (Wildman–Crippen MR) is 56.4 cm³/mol. The fourth-order valence-corrected chi connectivity index (χ4v) is 2.09. The fraction of sp³-hybridized carbons (Fsp3) is 0.364. The lowest BCUT2D eigenvalue weighted by molar-refractivity contribution is -0.123. The first-order valence-corrected chi connectivity index (χ1v) is 5.19. The third-order valence-corrected chi connectivity index (χ3v) is 2.91. The summed E-state index contributed by atoms with van der Waals surface area (Å²) in [7, 11) is 0. The number of nitrogens with one attached hydrogen (secondary N) is 1. The highest BCUT2D eigenvalue weighted by Gasteiger charge is 2.24. The Hall–Kier alpha value is -1.02. The number of rotatable bonds is 1. The van der Waals surface area contributed by atoms with Crippen molar-refractivity contribution in [3.63, 3.8) is 0 Å². The molecule has 1 heterocycles. The molecule has 0 radical (unpaired) electrons. The van der Waals surface area contributed by atoms with Crippen molar-refractivity contribution in [2.45, 2.75) is 18.8 Å². The highest BCUT2D eigenvalue weighted by molar-refractivity contribution is 6.31. The zero-order valence-corrected chi connectivity index (χ0v) is 8.55. The molecule has 0 aromatic heterocycles. The molecule has 1 aromatic carbocycles. The summed E-state index contributed by atoms with van der Waals surface area (Å²) in [5, 5.41) is 3.55. The van der Waals surface area contributed by atoms with Crippen LogP contribution in [0.4, 0.5) is 0 Å². The summed E-state index contributed by atoms with van der Waals surface area (Å²) in [5.74, 6) is 0.0433. The van der Waals surface area contributed by atoms with Crippen LogP contribution in [0.3, 0.4) is 0 Å². The van der Waals surface area contributed by atoms with Gasteiger partial charge in [-0.15, -0.1) is 0 Å². The number of piperidine rings is 1. The molecule has 2 nitrogen and oxygen atoms in total. The molecule has 1 N–H and O–H groups in total. The summed E-state index contributed by atoms with van der Waals surface area (Å²) < 4.78 is 0. The largest absolute Gasteiger partial charge is 0.356 e. The van der Waals surface area contributed by atoms with Crippen molar-refractivity contribution in [3.8, 4) is 0 Å². The molecular formula is C11H12ClNO. The highest BCUT2D eigenvalue weighted by atomic mass is 35.5. The second-order valence-corrected chi connectivity index (χ2v) is 3.91. The van der Waals surface area contributed by atoms with Gasteiger partial charge in [-0.1, -0.05) is 29.8 Å². The van der Waals surface area contributed by atoms with Crippen LogP contribution < -0.4 is 5.32 Å². The number of halogens is 1. The van der Waals surface area contributed by atoms with Gasteiger partial charge in [0.1, 0.15) is 0 Å². The van der Waals surface area contributed by atoms with E-state index < -0.39 is 0 Å². The van der Waals surface area contributed by atoms with Gasteiger partial charge in [-0.05, 0) is 24.5 Å². The molecule has 0 saturated carbocycles. The third-order valence-electron chi connectivity index (χ3n) is 2.57. The minimum absolute atomic E-state index is 0.0579. The first kappa shape index (κ1) is 9.53. The molecule has 1 amide bonds. The van der Waals surface area contributed by atoms with Crippen LogP contribution in [0.15, 0.2) is 24.3 Å². The Morgan fingerprint density at radius 1 is 1.36 bits per heavy atom. The Morgan fingerprint density at radius 3 is 2.86 bits per heavy atom. The topological polar surface area (TPSA) is 29.1 Å². The second kappa shape index (κ2) is 4.01. The van der Waals surface area contributed by atoms with Gasteiger partial charge in [0, 0.05) is 11.6 Å². The van der Waals surface area contributed by atoms with E-state index in [1.165, 1.54) is 0 Å². The summed E-state index contributed by atoms with van der Waals surface area (Å²) in [6.45, 7) is 0.791. The van der Waals surface area contributed by atoms with Gasteiger partial charge in [0.05, 0.1) is 5.92 Å². The monoisotopic (exact) mass is 209 g/mol. The van der Waals surface area contributed by atoms with Gasteiger partial charge in [0.2, 0.25) is 5.91 Å². The molecule has 0 bridgehead atoms. The molecule has 1 saturated heterocycles. The fourth-order valence-electron chi connectivity index (χ4n) is 1.83. The molecule has 1 aliphatic heterocycles. The molecule has 14 heavy (non-hydrogen) atoms.